The molecule has 0 radical (unpaired) electrons. The number of hydrogen-bond acceptors (Lipinski definition) is 0. The molecule has 0 amide bonds. The molecule has 1 aliphatic rings. The highest BCUT2D eigenvalue weighted by Gasteiger charge is 2.26. The summed E-state index contributed by atoms with van der Waals surface area (Å²) in [5.41, 5.74) is 0. The van der Waals surface area contributed by atoms with Crippen LogP contribution < -0.4 is 0 Å². The van der Waals surface area contributed by atoms with Crippen LogP contribution in [0.3, 0.4) is 0 Å². The lowest BCUT2D eigenvalue weighted by molar-refractivity contribution is 1.03. The summed E-state index contributed by atoms with van der Waals surface area (Å²) in [6, 6.07) is 0. The third-order valence-corrected chi connectivity index (χ3v) is 7.03. The van der Waals surface area contributed by atoms with Gasteiger partial charge in [-0.05, 0) is 19.0 Å². The van der Waals surface area contributed by atoms with Gasteiger partial charge in [0, 0.05) is 9.65 Å². The first-order valence-electron chi connectivity index (χ1n) is 2.67. The first-order valence-corrected chi connectivity index (χ1v) is 6.66. The van der Waals surface area contributed by atoms with E-state index in [2.05, 4.69) is 38.5 Å². The van der Waals surface area contributed by atoms with Crippen molar-refractivity contribution in [3.05, 3.63) is 0 Å². The topological polar surface area (TPSA) is 0 Å². The van der Waals surface area contributed by atoms with E-state index in [0.29, 0.717) is 7.92 Å². The van der Waals surface area contributed by atoms with Crippen LogP contribution in [0.4, 0.5) is 0 Å². The predicted octanol–water partition coefficient (Wildman–Crippen LogP) is 3.22. The maximum Gasteiger partial charge on any atom is 0.0313 e. The Labute approximate surface area is 84.9 Å². The molecule has 1 aliphatic heterocycles. The van der Waals surface area contributed by atoms with Crippen LogP contribution in [-0.4, -0.2) is 28.6 Å². The maximum atomic E-state index is 3.61. The predicted molar refractivity (Wildman–Crippen MR) is 58.3 cm³/mol. The van der Waals surface area contributed by atoms with Gasteiger partial charge in [-0.2, -0.15) is 0 Å². The maximum absolute atomic E-state index is 3.61. The molecule has 1 rings (SSSR count). The van der Waals surface area contributed by atoms with Gasteiger partial charge in [0.25, 0.3) is 0 Å². The number of rotatable bonds is 0. The fourth-order valence-electron chi connectivity index (χ4n) is 0.899. The van der Waals surface area contributed by atoms with E-state index in [-0.39, 0.29) is 17.0 Å². The normalized spacial score (nSPS) is 42.3. The van der Waals surface area contributed by atoms with Crippen molar-refractivity contribution >= 4 is 56.8 Å². The fraction of sp³-hybridized carbons (Fsp3) is 1.00. The summed E-state index contributed by atoms with van der Waals surface area (Å²) in [7, 11) is 0.363. The molecule has 0 aromatic carbocycles. The molecule has 2 unspecified atom stereocenters. The Morgan fingerprint density at radius 2 is 1.56 bits per heavy atom. The highest BCUT2D eigenvalue weighted by atomic mass is 79.9. The summed E-state index contributed by atoms with van der Waals surface area (Å²) in [5.74, 6) is 0. The Bertz CT molecular complexity index is 78.3. The Morgan fingerprint density at radius 3 is 1.67 bits per heavy atom. The van der Waals surface area contributed by atoms with E-state index < -0.39 is 0 Å². The zero-order valence-electron chi connectivity index (χ0n) is 5.18. The molecule has 4 heteroatoms. The van der Waals surface area contributed by atoms with E-state index in [9.17, 15) is 0 Å². The molecule has 1 heterocycles. The van der Waals surface area contributed by atoms with Gasteiger partial charge in [-0.25, -0.2) is 0 Å². The van der Waals surface area contributed by atoms with Crippen LogP contribution in [0.25, 0.3) is 0 Å². The molecule has 9 heavy (non-hydrogen) atoms. The van der Waals surface area contributed by atoms with Crippen molar-refractivity contribution < 1.29 is 0 Å². The van der Waals surface area contributed by atoms with Crippen LogP contribution in [0, 0.1) is 0 Å². The van der Waals surface area contributed by atoms with E-state index in [4.69, 9.17) is 0 Å². The SMILES string of the molecule is Br.CP1CC(Br)C(Br)C1. The molecule has 1 saturated heterocycles. The van der Waals surface area contributed by atoms with Crippen molar-refractivity contribution in [3.63, 3.8) is 0 Å². The van der Waals surface area contributed by atoms with E-state index in [0.717, 1.165) is 9.65 Å². The Balaban J connectivity index is 0.000000640. The second kappa shape index (κ2) is 4.69. The third kappa shape index (κ3) is 3.18. The first kappa shape index (κ1) is 10.9. The van der Waals surface area contributed by atoms with Crippen molar-refractivity contribution in [2.24, 2.45) is 0 Å². The fourth-order valence-corrected chi connectivity index (χ4v) is 6.67. The highest BCUT2D eigenvalue weighted by Crippen LogP contribution is 2.45. The zero-order chi connectivity index (χ0) is 6.15. The van der Waals surface area contributed by atoms with Crippen molar-refractivity contribution in [3.8, 4) is 0 Å². The second-order valence-electron chi connectivity index (χ2n) is 2.25. The average molecular weight is 341 g/mol. The van der Waals surface area contributed by atoms with Gasteiger partial charge in [-0.1, -0.05) is 31.9 Å². The molecule has 56 valence electrons. The molecule has 1 fully saturated rings. The third-order valence-electron chi connectivity index (χ3n) is 1.36. The molecular weight excluding hydrogens is 331 g/mol. The minimum absolute atomic E-state index is 0. The Hall–Kier alpha value is 1.87. The second-order valence-corrected chi connectivity index (χ2v) is 7.05. The van der Waals surface area contributed by atoms with Gasteiger partial charge in [-0.15, -0.1) is 24.9 Å². The molecule has 0 saturated carbocycles. The average Bonchev–Trinajstić information content (AvgIpc) is 1.85. The van der Waals surface area contributed by atoms with Crippen LogP contribution >= 0.6 is 56.8 Å². The number of hydrogen-bond donors (Lipinski definition) is 0. The van der Waals surface area contributed by atoms with Crippen LogP contribution in [0.1, 0.15) is 0 Å². The monoisotopic (exact) mass is 338 g/mol. The molecule has 0 aliphatic carbocycles. The van der Waals surface area contributed by atoms with Gasteiger partial charge in [-0.3, -0.25) is 0 Å². The molecule has 0 aromatic rings. The number of halogens is 3. The van der Waals surface area contributed by atoms with Crippen molar-refractivity contribution in [2.75, 3.05) is 19.0 Å². The standard InChI is InChI=1S/C5H9Br2P.BrH/c1-8-2-4(6)5(7)3-8;/h4-5H,2-3H2,1H3;1H. The minimum atomic E-state index is 0. The van der Waals surface area contributed by atoms with E-state index in [1.165, 1.54) is 12.3 Å². The summed E-state index contributed by atoms with van der Waals surface area (Å²) in [6.45, 7) is 2.37. The van der Waals surface area contributed by atoms with Crippen LogP contribution in [0.15, 0.2) is 0 Å². The zero-order valence-corrected chi connectivity index (χ0v) is 11.0. The molecule has 0 N–H and O–H groups in total. The molecule has 0 spiro atoms. The minimum Gasteiger partial charge on any atom is -0.114 e. The lowest BCUT2D eigenvalue weighted by Crippen LogP contribution is -2.08. The van der Waals surface area contributed by atoms with E-state index >= 15 is 0 Å². The lowest BCUT2D eigenvalue weighted by Gasteiger charge is -2.00. The first-order chi connectivity index (χ1) is 3.70. The number of alkyl halides is 2. The largest absolute Gasteiger partial charge is 0.114 e. The molecule has 0 nitrogen and oxygen atoms in total. The van der Waals surface area contributed by atoms with Crippen molar-refractivity contribution in [2.45, 2.75) is 9.65 Å². The van der Waals surface area contributed by atoms with Crippen molar-refractivity contribution in [1.29, 1.82) is 0 Å². The smallest absolute Gasteiger partial charge is 0.0313 e. The van der Waals surface area contributed by atoms with Crippen LogP contribution in [0.5, 0.6) is 0 Å². The van der Waals surface area contributed by atoms with Gasteiger partial charge in [0.05, 0.1) is 0 Å². The Kier molecular flexibility index (Phi) is 5.66. The summed E-state index contributed by atoms with van der Waals surface area (Å²) >= 11 is 7.23. The van der Waals surface area contributed by atoms with Gasteiger partial charge in [0.15, 0.2) is 0 Å². The van der Waals surface area contributed by atoms with Gasteiger partial charge >= 0.3 is 0 Å². The van der Waals surface area contributed by atoms with Crippen LogP contribution in [-0.2, 0) is 0 Å². The quantitative estimate of drug-likeness (QED) is 0.469. The summed E-state index contributed by atoms with van der Waals surface area (Å²) < 4.78 is 0. The van der Waals surface area contributed by atoms with E-state index in [1.807, 2.05) is 0 Å². The summed E-state index contributed by atoms with van der Waals surface area (Å²) in [6.07, 6.45) is 2.79. The van der Waals surface area contributed by atoms with Gasteiger partial charge in [0.1, 0.15) is 0 Å². The van der Waals surface area contributed by atoms with E-state index in [1.54, 1.807) is 0 Å². The summed E-state index contributed by atoms with van der Waals surface area (Å²) in [5, 5.41) is 0. The van der Waals surface area contributed by atoms with Gasteiger partial charge in [0.2, 0.25) is 0 Å². The van der Waals surface area contributed by atoms with Gasteiger partial charge < -0.3 is 0 Å². The summed E-state index contributed by atoms with van der Waals surface area (Å²) in [4.78, 5) is 1.50. The Morgan fingerprint density at radius 1 is 1.22 bits per heavy atom. The molecule has 0 aromatic heterocycles. The molecule has 2 atom stereocenters. The molecular formula is C5H10Br3P. The van der Waals surface area contributed by atoms with Crippen molar-refractivity contribution in [1.82, 2.24) is 0 Å². The lowest BCUT2D eigenvalue weighted by atomic mass is 10.4. The molecule has 0 bridgehead atoms. The highest BCUT2D eigenvalue weighted by molar-refractivity contribution is 9.12. The van der Waals surface area contributed by atoms with Crippen LogP contribution in [0.2, 0.25) is 0 Å².